The summed E-state index contributed by atoms with van der Waals surface area (Å²) < 4.78 is 5.68. The first kappa shape index (κ1) is 24.6. The monoisotopic (exact) mass is 519 g/mol. The largest absolute Gasteiger partial charge is 0.543 e. The third kappa shape index (κ3) is 4.96. The molecule has 0 aromatic carbocycles. The van der Waals surface area contributed by atoms with Crippen LogP contribution in [0.15, 0.2) is 41.0 Å². The van der Waals surface area contributed by atoms with Crippen LogP contribution >= 0.6 is 23.3 Å². The summed E-state index contributed by atoms with van der Waals surface area (Å²) in [5, 5.41) is 27.1. The Morgan fingerprint density at radius 2 is 2.29 bits per heavy atom. The number of amides is 2. The van der Waals surface area contributed by atoms with E-state index >= 15 is 0 Å². The van der Waals surface area contributed by atoms with Crippen LogP contribution in [0.2, 0.25) is 0 Å². The van der Waals surface area contributed by atoms with E-state index in [-0.39, 0.29) is 42.1 Å². The number of β-lactam (4-membered cyclic amide) rings is 1. The smallest absolute Gasteiger partial charge is 0.278 e. The molecule has 4 heterocycles. The highest BCUT2D eigenvalue weighted by molar-refractivity contribution is 8.00. The number of nitrogens with one attached hydrogen (secondary N) is 1. The Morgan fingerprint density at radius 1 is 1.49 bits per heavy atom. The standard InChI is InChI=1S/C20H21N7O6S2/c1-2-33-24-12(15-23-20(21)35-25-15)16(29)22-13-17(30)27-14(19(31)32)11(9-34-18(13)27)7-26-5-3-4-10(6-26)8-28/h3-6,13,18,28H,2,7-9H2,1H3,(H3-,21,22,23,25,29,31,32)/b24-12-/t13?,18-/m1/s1. The fourth-order valence-electron chi connectivity index (χ4n) is 3.64. The van der Waals surface area contributed by atoms with Gasteiger partial charge in [-0.1, -0.05) is 5.16 Å². The summed E-state index contributed by atoms with van der Waals surface area (Å²) in [5.74, 6) is -2.58. The van der Waals surface area contributed by atoms with Crippen LogP contribution in [0.4, 0.5) is 5.13 Å². The Labute approximate surface area is 207 Å². The van der Waals surface area contributed by atoms with Crippen molar-refractivity contribution in [2.24, 2.45) is 5.16 Å². The number of carboxylic acid groups (broad SMARTS) is 1. The number of nitrogen functional groups attached to an aromatic ring is 1. The van der Waals surface area contributed by atoms with Gasteiger partial charge in [0.25, 0.3) is 11.8 Å². The number of nitrogens with two attached hydrogens (primary N) is 1. The van der Waals surface area contributed by atoms with E-state index in [2.05, 4.69) is 19.8 Å². The molecule has 2 aliphatic rings. The van der Waals surface area contributed by atoms with Crippen molar-refractivity contribution in [1.82, 2.24) is 19.6 Å². The van der Waals surface area contributed by atoms with Crippen LogP contribution in [-0.4, -0.2) is 66.6 Å². The van der Waals surface area contributed by atoms with E-state index in [0.717, 1.165) is 16.4 Å². The van der Waals surface area contributed by atoms with E-state index in [9.17, 15) is 24.6 Å². The molecule has 4 rings (SSSR count). The number of aliphatic hydroxyl groups excluding tert-OH is 1. The lowest BCUT2D eigenvalue weighted by Gasteiger charge is -2.50. The molecule has 13 nitrogen and oxygen atoms in total. The van der Waals surface area contributed by atoms with E-state index in [0.29, 0.717) is 16.9 Å². The summed E-state index contributed by atoms with van der Waals surface area (Å²) in [4.78, 5) is 47.8. The second-order valence-electron chi connectivity index (χ2n) is 7.46. The van der Waals surface area contributed by atoms with E-state index in [1.54, 1.807) is 36.0 Å². The molecule has 35 heavy (non-hydrogen) atoms. The molecule has 2 aliphatic heterocycles. The predicted molar refractivity (Wildman–Crippen MR) is 122 cm³/mol. The zero-order chi connectivity index (χ0) is 25.1. The van der Waals surface area contributed by atoms with Crippen molar-refractivity contribution in [3.8, 4) is 0 Å². The van der Waals surface area contributed by atoms with Gasteiger partial charge in [0.15, 0.2) is 24.1 Å². The number of carbonyl (C=O) groups is 3. The predicted octanol–water partition coefficient (Wildman–Crippen LogP) is -2.26. The van der Waals surface area contributed by atoms with Gasteiger partial charge in [-0.25, -0.2) is 4.57 Å². The van der Waals surface area contributed by atoms with Gasteiger partial charge in [0.2, 0.25) is 11.5 Å². The van der Waals surface area contributed by atoms with Crippen LogP contribution in [0.5, 0.6) is 0 Å². The van der Waals surface area contributed by atoms with Crippen LogP contribution in [0, 0.1) is 0 Å². The Morgan fingerprint density at radius 3 is 2.94 bits per heavy atom. The van der Waals surface area contributed by atoms with Crippen molar-refractivity contribution in [2.45, 2.75) is 31.5 Å². The Balaban J connectivity index is 1.53. The van der Waals surface area contributed by atoms with Gasteiger partial charge >= 0.3 is 0 Å². The maximum Gasteiger partial charge on any atom is 0.278 e. The molecule has 0 saturated carbocycles. The molecule has 184 valence electrons. The first-order valence-corrected chi connectivity index (χ1v) is 12.2. The van der Waals surface area contributed by atoms with Crippen LogP contribution in [0.25, 0.3) is 0 Å². The first-order valence-electron chi connectivity index (χ1n) is 10.4. The van der Waals surface area contributed by atoms with Gasteiger partial charge in [0.05, 0.1) is 18.3 Å². The number of anilines is 1. The molecule has 4 N–H and O–H groups in total. The van der Waals surface area contributed by atoms with Crippen molar-refractivity contribution in [3.63, 3.8) is 0 Å². The zero-order valence-electron chi connectivity index (χ0n) is 18.4. The van der Waals surface area contributed by atoms with E-state index < -0.39 is 29.2 Å². The Hall–Kier alpha value is -3.56. The van der Waals surface area contributed by atoms with E-state index in [4.69, 9.17) is 10.6 Å². The summed E-state index contributed by atoms with van der Waals surface area (Å²) in [7, 11) is 0. The molecule has 1 saturated heterocycles. The molecule has 1 fully saturated rings. The average Bonchev–Trinajstić information content (AvgIpc) is 3.28. The average molecular weight is 520 g/mol. The minimum atomic E-state index is -1.48. The second-order valence-corrected chi connectivity index (χ2v) is 9.35. The number of pyridine rings is 1. The summed E-state index contributed by atoms with van der Waals surface area (Å²) in [6, 6.07) is 2.48. The summed E-state index contributed by atoms with van der Waals surface area (Å²) in [5.41, 5.74) is 6.27. The van der Waals surface area contributed by atoms with Crippen molar-refractivity contribution in [1.29, 1.82) is 0 Å². The second kappa shape index (κ2) is 10.4. The minimum Gasteiger partial charge on any atom is -0.543 e. The number of aliphatic carboxylic acids is 1. The van der Waals surface area contributed by atoms with Crippen LogP contribution in [0.1, 0.15) is 18.3 Å². The fraction of sp³-hybridized carbons (Fsp3) is 0.350. The molecular formula is C20H21N7O6S2. The summed E-state index contributed by atoms with van der Waals surface area (Å²) in [6.07, 6.45) is 3.42. The number of hydrogen-bond donors (Lipinski definition) is 3. The first-order chi connectivity index (χ1) is 16.8. The Kier molecular flexibility index (Phi) is 7.28. The van der Waals surface area contributed by atoms with Gasteiger partial charge in [0.1, 0.15) is 18.0 Å². The third-order valence-electron chi connectivity index (χ3n) is 5.16. The molecule has 0 spiro atoms. The van der Waals surface area contributed by atoms with Crippen LogP contribution in [-0.2, 0) is 32.4 Å². The highest BCUT2D eigenvalue weighted by atomic mass is 32.2. The molecule has 0 bridgehead atoms. The summed E-state index contributed by atoms with van der Waals surface area (Å²) >= 11 is 2.19. The number of fused-ring (bicyclic) bond motifs is 1. The molecule has 2 atom stereocenters. The number of thioether (sulfide) groups is 1. The molecule has 0 aliphatic carbocycles. The number of carbonyl (C=O) groups excluding carboxylic acids is 3. The van der Waals surface area contributed by atoms with Crippen molar-refractivity contribution in [3.05, 3.63) is 47.2 Å². The zero-order valence-corrected chi connectivity index (χ0v) is 20.0. The van der Waals surface area contributed by atoms with Gasteiger partial charge in [-0.3, -0.25) is 14.5 Å². The highest BCUT2D eigenvalue weighted by Crippen LogP contribution is 2.40. The number of rotatable bonds is 9. The van der Waals surface area contributed by atoms with Crippen molar-refractivity contribution >= 4 is 51.9 Å². The lowest BCUT2D eigenvalue weighted by molar-refractivity contribution is -0.689. The molecule has 1 unspecified atom stereocenters. The van der Waals surface area contributed by atoms with Gasteiger partial charge in [0, 0.05) is 34.5 Å². The minimum absolute atomic E-state index is 0.0434. The van der Waals surface area contributed by atoms with Crippen LogP contribution in [0.3, 0.4) is 0 Å². The number of aromatic nitrogens is 3. The number of carboxylic acids is 1. The number of oxime groups is 1. The number of hydrogen-bond acceptors (Lipinski definition) is 12. The molecule has 0 radical (unpaired) electrons. The van der Waals surface area contributed by atoms with Gasteiger partial charge in [-0.05, 0) is 13.0 Å². The van der Waals surface area contributed by atoms with E-state index in [1.807, 2.05) is 0 Å². The summed E-state index contributed by atoms with van der Waals surface area (Å²) in [6.45, 7) is 1.90. The van der Waals surface area contributed by atoms with Crippen molar-refractivity contribution < 1.29 is 34.0 Å². The van der Waals surface area contributed by atoms with Gasteiger partial charge in [-0.15, -0.1) is 11.8 Å². The van der Waals surface area contributed by atoms with E-state index in [1.165, 1.54) is 11.8 Å². The number of aliphatic hydroxyl groups is 1. The quantitative estimate of drug-likeness (QED) is 0.141. The highest BCUT2D eigenvalue weighted by Gasteiger charge is 2.53. The third-order valence-corrected chi connectivity index (χ3v) is 7.04. The van der Waals surface area contributed by atoms with Gasteiger partial charge in [-0.2, -0.15) is 9.36 Å². The molecular weight excluding hydrogens is 498 g/mol. The normalized spacial score (nSPS) is 19.8. The van der Waals surface area contributed by atoms with Crippen molar-refractivity contribution in [2.75, 3.05) is 18.1 Å². The molecule has 2 aromatic heterocycles. The van der Waals surface area contributed by atoms with Gasteiger partial charge < -0.3 is 30.9 Å². The molecule has 2 aromatic rings. The van der Waals surface area contributed by atoms with Crippen LogP contribution < -0.4 is 20.7 Å². The Bertz CT molecular complexity index is 1230. The fourth-order valence-corrected chi connectivity index (χ4v) is 5.41. The number of nitrogens with zero attached hydrogens (tertiary/aromatic N) is 5. The SMILES string of the molecule is CCO/N=C(\C(=O)NC1C(=O)N2C(C(=O)[O-])=C(C[n+]3cccc(CO)c3)CS[C@H]12)c1nsc(N)n1. The topological polar surface area (TPSA) is 187 Å². The lowest BCUT2D eigenvalue weighted by atomic mass is 10.0. The molecule has 15 heteroatoms. The maximum absolute atomic E-state index is 12.9. The lowest BCUT2D eigenvalue weighted by Crippen LogP contribution is -2.71. The molecule has 2 amide bonds. The maximum atomic E-state index is 12.9.